The molecule has 0 saturated carbocycles. The van der Waals surface area contributed by atoms with Crippen LogP contribution >= 0.6 is 0 Å². The minimum absolute atomic E-state index is 0.205. The van der Waals surface area contributed by atoms with E-state index >= 15 is 0 Å². The van der Waals surface area contributed by atoms with Crippen LogP contribution in [0.1, 0.15) is 15.9 Å². The number of sulfonamides is 1. The molecule has 0 saturated heterocycles. The van der Waals surface area contributed by atoms with E-state index in [-0.39, 0.29) is 12.5 Å². The molecule has 1 aliphatic heterocycles. The molecular weight excluding hydrogens is 396 g/mol. The van der Waals surface area contributed by atoms with E-state index < -0.39 is 10.0 Å². The van der Waals surface area contributed by atoms with E-state index in [0.717, 1.165) is 22.0 Å². The molecule has 0 aromatic heterocycles. The van der Waals surface area contributed by atoms with Gasteiger partial charge in [0.15, 0.2) is 0 Å². The highest BCUT2D eigenvalue weighted by Gasteiger charge is 2.35. The van der Waals surface area contributed by atoms with Gasteiger partial charge >= 0.3 is 0 Å². The minimum atomic E-state index is -3.61. The van der Waals surface area contributed by atoms with Crippen molar-refractivity contribution in [2.75, 3.05) is 9.62 Å². The molecule has 6 heteroatoms. The first-order chi connectivity index (χ1) is 14.5. The van der Waals surface area contributed by atoms with E-state index in [9.17, 15) is 13.2 Å². The fraction of sp³-hybridized carbons (Fsp3) is 0.0417. The van der Waals surface area contributed by atoms with Crippen molar-refractivity contribution < 1.29 is 13.2 Å². The maximum atomic E-state index is 13.1. The summed E-state index contributed by atoms with van der Waals surface area (Å²) in [6.07, 6.45) is 0. The van der Waals surface area contributed by atoms with Crippen molar-refractivity contribution >= 4 is 38.1 Å². The van der Waals surface area contributed by atoms with Gasteiger partial charge in [0.25, 0.3) is 15.9 Å². The lowest BCUT2D eigenvalue weighted by molar-refractivity contribution is 0.102. The van der Waals surface area contributed by atoms with Gasteiger partial charge in [-0.2, -0.15) is 0 Å². The number of amides is 1. The van der Waals surface area contributed by atoms with Gasteiger partial charge in [-0.05, 0) is 47.3 Å². The van der Waals surface area contributed by atoms with Gasteiger partial charge in [0.1, 0.15) is 0 Å². The maximum Gasteiger partial charge on any atom is 0.265 e. The zero-order chi connectivity index (χ0) is 20.7. The van der Waals surface area contributed by atoms with Crippen LogP contribution in [0.15, 0.2) is 95.9 Å². The molecule has 0 fully saturated rings. The molecule has 1 heterocycles. The summed E-state index contributed by atoms with van der Waals surface area (Å²) < 4.78 is 27.7. The van der Waals surface area contributed by atoms with E-state index in [2.05, 4.69) is 5.32 Å². The minimum Gasteiger partial charge on any atom is -0.322 e. The summed E-state index contributed by atoms with van der Waals surface area (Å²) in [6, 6.07) is 27.2. The third-order valence-corrected chi connectivity index (χ3v) is 7.06. The first-order valence-corrected chi connectivity index (χ1v) is 11.0. The maximum absolute atomic E-state index is 13.1. The third-order valence-electron chi connectivity index (χ3n) is 5.26. The van der Waals surface area contributed by atoms with Gasteiger partial charge in [0.05, 0.1) is 17.1 Å². The first kappa shape index (κ1) is 18.4. The Balaban J connectivity index is 1.41. The number of carbonyl (C=O) groups is 1. The Morgan fingerprint density at radius 3 is 2.23 bits per heavy atom. The lowest BCUT2D eigenvalue weighted by Gasteiger charge is -2.19. The molecule has 148 valence electrons. The highest BCUT2D eigenvalue weighted by molar-refractivity contribution is 7.93. The van der Waals surface area contributed by atoms with Crippen LogP contribution < -0.4 is 9.62 Å². The molecule has 1 amide bonds. The Bertz CT molecular complexity index is 1360. The second kappa shape index (κ2) is 7.00. The van der Waals surface area contributed by atoms with E-state index in [0.29, 0.717) is 16.1 Å². The number of hydrogen-bond acceptors (Lipinski definition) is 3. The van der Waals surface area contributed by atoms with Crippen LogP contribution in [0, 0.1) is 0 Å². The highest BCUT2D eigenvalue weighted by atomic mass is 32.2. The van der Waals surface area contributed by atoms with Gasteiger partial charge in [0, 0.05) is 16.6 Å². The monoisotopic (exact) mass is 414 g/mol. The predicted octanol–water partition coefficient (Wildman–Crippen LogP) is 4.80. The standard InChI is InChI=1S/C24H18N2O3S/c27-24(25-20-8-2-1-3-9-20)19-14-12-17(13-15-19)16-26-21-10-4-6-18-7-5-11-22(23(18)21)30(26,28)29/h1-15H,16H2,(H,25,27). The van der Waals surface area contributed by atoms with Crippen LogP contribution in [-0.4, -0.2) is 14.3 Å². The van der Waals surface area contributed by atoms with Crippen LogP contribution in [0.2, 0.25) is 0 Å². The Morgan fingerprint density at radius 2 is 1.50 bits per heavy atom. The normalized spacial score (nSPS) is 14.1. The molecular formula is C24H18N2O3S. The predicted molar refractivity (Wildman–Crippen MR) is 118 cm³/mol. The summed E-state index contributed by atoms with van der Waals surface area (Å²) in [4.78, 5) is 12.8. The number of carbonyl (C=O) groups excluding carboxylic acids is 1. The molecule has 1 aliphatic rings. The zero-order valence-electron chi connectivity index (χ0n) is 15.9. The molecule has 5 rings (SSSR count). The Hall–Kier alpha value is -3.64. The Morgan fingerprint density at radius 1 is 0.800 bits per heavy atom. The smallest absolute Gasteiger partial charge is 0.265 e. The van der Waals surface area contributed by atoms with E-state index in [1.165, 1.54) is 4.31 Å². The zero-order valence-corrected chi connectivity index (χ0v) is 16.8. The van der Waals surface area contributed by atoms with Crippen molar-refractivity contribution in [1.82, 2.24) is 0 Å². The second-order valence-electron chi connectivity index (χ2n) is 7.16. The second-order valence-corrected chi connectivity index (χ2v) is 8.99. The Labute approximate surface area is 174 Å². The van der Waals surface area contributed by atoms with E-state index in [1.54, 1.807) is 36.4 Å². The number of benzene rings is 4. The number of para-hydroxylation sites is 1. The Kier molecular flexibility index (Phi) is 4.29. The lowest BCUT2D eigenvalue weighted by atomic mass is 10.1. The van der Waals surface area contributed by atoms with Gasteiger partial charge in [-0.15, -0.1) is 0 Å². The quantitative estimate of drug-likeness (QED) is 0.522. The van der Waals surface area contributed by atoms with Crippen molar-refractivity contribution in [3.8, 4) is 0 Å². The van der Waals surface area contributed by atoms with Crippen molar-refractivity contribution in [1.29, 1.82) is 0 Å². The average molecular weight is 414 g/mol. The molecule has 0 atom stereocenters. The van der Waals surface area contributed by atoms with Crippen LogP contribution in [0.25, 0.3) is 10.8 Å². The van der Waals surface area contributed by atoms with E-state index in [1.807, 2.05) is 54.6 Å². The summed E-state index contributed by atoms with van der Waals surface area (Å²) >= 11 is 0. The van der Waals surface area contributed by atoms with Gasteiger partial charge in [-0.1, -0.05) is 54.6 Å². The summed E-state index contributed by atoms with van der Waals surface area (Å²) in [5.74, 6) is -0.210. The molecule has 0 radical (unpaired) electrons. The molecule has 0 unspecified atom stereocenters. The fourth-order valence-corrected chi connectivity index (χ4v) is 5.48. The molecule has 0 bridgehead atoms. The summed E-state index contributed by atoms with van der Waals surface area (Å²) in [5, 5.41) is 4.51. The fourth-order valence-electron chi connectivity index (χ4n) is 3.78. The first-order valence-electron chi connectivity index (χ1n) is 9.54. The lowest BCUT2D eigenvalue weighted by Crippen LogP contribution is -2.26. The molecule has 4 aromatic carbocycles. The van der Waals surface area contributed by atoms with Gasteiger partial charge in [0.2, 0.25) is 0 Å². The molecule has 0 aliphatic carbocycles. The van der Waals surface area contributed by atoms with Gasteiger partial charge < -0.3 is 5.32 Å². The van der Waals surface area contributed by atoms with Crippen molar-refractivity contribution in [2.45, 2.75) is 11.4 Å². The SMILES string of the molecule is O=C(Nc1ccccc1)c1ccc(CN2c3cccc4cccc(c34)S2(=O)=O)cc1. The number of anilines is 2. The van der Waals surface area contributed by atoms with Crippen LogP contribution in [0.3, 0.4) is 0 Å². The number of nitrogens with zero attached hydrogens (tertiary/aromatic N) is 1. The molecule has 30 heavy (non-hydrogen) atoms. The molecule has 0 spiro atoms. The third kappa shape index (κ3) is 3.02. The molecule has 5 nitrogen and oxygen atoms in total. The number of hydrogen-bond donors (Lipinski definition) is 1. The topological polar surface area (TPSA) is 66.5 Å². The van der Waals surface area contributed by atoms with Crippen molar-refractivity contribution in [3.63, 3.8) is 0 Å². The van der Waals surface area contributed by atoms with Crippen molar-refractivity contribution in [3.05, 3.63) is 102 Å². The van der Waals surface area contributed by atoms with Crippen LogP contribution in [-0.2, 0) is 16.6 Å². The number of nitrogens with one attached hydrogen (secondary N) is 1. The molecule has 4 aromatic rings. The van der Waals surface area contributed by atoms with E-state index in [4.69, 9.17) is 0 Å². The van der Waals surface area contributed by atoms with Gasteiger partial charge in [-0.25, -0.2) is 8.42 Å². The summed E-state index contributed by atoms with van der Waals surface area (Å²) in [5.41, 5.74) is 2.73. The van der Waals surface area contributed by atoms with Gasteiger partial charge in [-0.3, -0.25) is 9.10 Å². The largest absolute Gasteiger partial charge is 0.322 e. The highest BCUT2D eigenvalue weighted by Crippen LogP contribution is 2.42. The van der Waals surface area contributed by atoms with Crippen LogP contribution in [0.5, 0.6) is 0 Å². The van der Waals surface area contributed by atoms with Crippen LogP contribution in [0.4, 0.5) is 11.4 Å². The van der Waals surface area contributed by atoms with Crippen molar-refractivity contribution in [2.24, 2.45) is 0 Å². The summed E-state index contributed by atoms with van der Waals surface area (Å²) in [6.45, 7) is 0.205. The number of rotatable bonds is 4. The molecule has 1 N–H and O–H groups in total. The average Bonchev–Trinajstić information content (AvgIpc) is 2.98. The summed E-state index contributed by atoms with van der Waals surface area (Å²) in [7, 11) is -3.61.